The number of nitrogens with zero attached hydrogens (tertiary/aromatic N) is 3. The van der Waals surface area contributed by atoms with Crippen LogP contribution in [0.25, 0.3) is 10.9 Å². The third kappa shape index (κ3) is 4.45. The van der Waals surface area contributed by atoms with Crippen molar-refractivity contribution in [3.8, 4) is 5.88 Å². The van der Waals surface area contributed by atoms with Gasteiger partial charge >= 0.3 is 0 Å². The Morgan fingerprint density at radius 3 is 2.74 bits per heavy atom. The molecule has 0 radical (unpaired) electrons. The Hall–Kier alpha value is -4.24. The molecule has 3 heterocycles. The zero-order valence-corrected chi connectivity index (χ0v) is 19.5. The molecule has 1 unspecified atom stereocenters. The number of fused-ring (bicyclic) bond motifs is 1. The number of amidine groups is 1. The molecule has 10 heteroatoms. The lowest BCUT2D eigenvalue weighted by molar-refractivity contribution is -0.113. The fraction of sp³-hybridized carbons (Fsp3) is 0.120. The molecule has 1 atom stereocenters. The van der Waals surface area contributed by atoms with Gasteiger partial charge in [-0.2, -0.15) is 5.10 Å². The number of hydrogen-bond donors (Lipinski definition) is 3. The Kier molecular flexibility index (Phi) is 5.92. The van der Waals surface area contributed by atoms with E-state index in [1.807, 2.05) is 12.1 Å². The fourth-order valence-corrected chi connectivity index (χ4v) is 4.05. The van der Waals surface area contributed by atoms with Gasteiger partial charge in [0.15, 0.2) is 0 Å². The number of anilines is 1. The van der Waals surface area contributed by atoms with Crippen LogP contribution in [0.5, 0.6) is 5.88 Å². The number of aromatic nitrogens is 3. The fourth-order valence-electron chi connectivity index (χ4n) is 3.92. The molecule has 2 aromatic heterocycles. The van der Waals surface area contributed by atoms with Crippen molar-refractivity contribution in [2.24, 2.45) is 4.99 Å². The van der Waals surface area contributed by atoms with Gasteiger partial charge in [0.05, 0.1) is 30.1 Å². The van der Waals surface area contributed by atoms with Gasteiger partial charge in [-0.15, -0.1) is 0 Å². The van der Waals surface area contributed by atoms with Crippen molar-refractivity contribution in [1.29, 1.82) is 0 Å². The average molecular weight is 491 g/mol. The van der Waals surface area contributed by atoms with E-state index in [9.17, 15) is 9.18 Å². The molecule has 1 aliphatic heterocycles. The largest absolute Gasteiger partial charge is 0.481 e. The van der Waals surface area contributed by atoms with Crippen molar-refractivity contribution in [2.75, 3.05) is 12.4 Å². The number of pyridine rings is 1. The van der Waals surface area contributed by atoms with Gasteiger partial charge in [0.1, 0.15) is 17.7 Å². The highest BCUT2D eigenvalue weighted by molar-refractivity contribution is 6.30. The molecule has 0 fully saturated rings. The van der Waals surface area contributed by atoms with Crippen LogP contribution in [0.15, 0.2) is 77.2 Å². The predicted octanol–water partition coefficient (Wildman–Crippen LogP) is 4.76. The molecule has 4 aromatic rings. The van der Waals surface area contributed by atoms with Crippen LogP contribution >= 0.6 is 11.6 Å². The summed E-state index contributed by atoms with van der Waals surface area (Å²) in [5.74, 6) is -0.0731. The molecule has 0 saturated heterocycles. The second-order valence-corrected chi connectivity index (χ2v) is 8.36. The standard InChI is InChI=1S/C25H20ClFN6O2/c1-13-22(25(34)31-20-9-16-12-29-33-19(16)11-18(20)27)23(14-3-5-17(26)6-4-14)32-24(30-13)15-7-8-28-21(10-15)35-2/h3-12,23H,1-2H3,(H,29,33)(H,30,32)(H,31,34). The molecular weight excluding hydrogens is 471 g/mol. The summed E-state index contributed by atoms with van der Waals surface area (Å²) >= 11 is 6.09. The number of allylic oxidation sites excluding steroid dienone is 1. The van der Waals surface area contributed by atoms with Gasteiger partial charge in [0, 0.05) is 40.0 Å². The van der Waals surface area contributed by atoms with E-state index in [4.69, 9.17) is 21.3 Å². The number of nitrogens with one attached hydrogen (secondary N) is 3. The van der Waals surface area contributed by atoms with E-state index >= 15 is 0 Å². The van der Waals surface area contributed by atoms with E-state index in [1.165, 1.54) is 19.2 Å². The van der Waals surface area contributed by atoms with E-state index in [0.717, 1.165) is 11.1 Å². The number of carbonyl (C=O) groups is 1. The molecule has 2 aromatic carbocycles. The summed E-state index contributed by atoms with van der Waals surface area (Å²) < 4.78 is 19.9. The number of benzene rings is 2. The Balaban J connectivity index is 1.54. The summed E-state index contributed by atoms with van der Waals surface area (Å²) in [5, 5.41) is 13.8. The third-order valence-corrected chi connectivity index (χ3v) is 5.92. The average Bonchev–Trinajstić information content (AvgIpc) is 3.31. The minimum atomic E-state index is -0.664. The summed E-state index contributed by atoms with van der Waals surface area (Å²) in [4.78, 5) is 22.4. The van der Waals surface area contributed by atoms with E-state index in [-0.39, 0.29) is 5.69 Å². The SMILES string of the molecule is COc1cc(C2=NC(c3ccc(Cl)cc3)C(C(=O)Nc3cc4cn[nH]c4cc3F)=C(C)N2)ccn1. The highest BCUT2D eigenvalue weighted by Crippen LogP contribution is 2.34. The van der Waals surface area contributed by atoms with E-state index in [0.29, 0.717) is 38.9 Å². The third-order valence-electron chi connectivity index (χ3n) is 5.67. The normalized spacial score (nSPS) is 15.5. The van der Waals surface area contributed by atoms with Crippen LogP contribution in [-0.2, 0) is 4.79 Å². The number of hydrogen-bond acceptors (Lipinski definition) is 6. The van der Waals surface area contributed by atoms with Gasteiger partial charge < -0.3 is 15.4 Å². The minimum Gasteiger partial charge on any atom is -0.481 e. The Labute approximate surface area is 204 Å². The number of aromatic amines is 1. The quantitative estimate of drug-likeness (QED) is 0.374. The number of halogens is 2. The predicted molar refractivity (Wildman–Crippen MR) is 132 cm³/mol. The molecule has 3 N–H and O–H groups in total. The van der Waals surface area contributed by atoms with Gasteiger partial charge in [-0.25, -0.2) is 9.37 Å². The van der Waals surface area contributed by atoms with E-state index in [1.54, 1.807) is 43.6 Å². The van der Waals surface area contributed by atoms with Crippen LogP contribution in [0.3, 0.4) is 0 Å². The number of aliphatic imine (C=N–C) groups is 1. The van der Waals surface area contributed by atoms with Crippen molar-refractivity contribution in [1.82, 2.24) is 20.5 Å². The summed E-state index contributed by atoms with van der Waals surface area (Å²) in [6, 6.07) is 12.8. The van der Waals surface area contributed by atoms with Crippen LogP contribution in [0.4, 0.5) is 10.1 Å². The number of H-pyrrole nitrogens is 1. The minimum absolute atomic E-state index is 0.0488. The van der Waals surface area contributed by atoms with Gasteiger partial charge in [-0.05, 0) is 36.8 Å². The van der Waals surface area contributed by atoms with Crippen molar-refractivity contribution in [3.05, 3.63) is 94.2 Å². The zero-order valence-electron chi connectivity index (χ0n) is 18.8. The Morgan fingerprint density at radius 2 is 1.97 bits per heavy atom. The summed E-state index contributed by atoms with van der Waals surface area (Å²) in [6.45, 7) is 1.78. The molecule has 176 valence electrons. The summed E-state index contributed by atoms with van der Waals surface area (Å²) in [7, 11) is 1.53. The van der Waals surface area contributed by atoms with Crippen LogP contribution in [-0.4, -0.2) is 34.0 Å². The molecule has 1 amide bonds. The molecule has 1 aliphatic rings. The maximum atomic E-state index is 14.7. The molecule has 8 nitrogen and oxygen atoms in total. The van der Waals surface area contributed by atoms with Crippen LogP contribution in [0, 0.1) is 5.82 Å². The highest BCUT2D eigenvalue weighted by atomic mass is 35.5. The van der Waals surface area contributed by atoms with Crippen molar-refractivity contribution in [3.63, 3.8) is 0 Å². The second-order valence-electron chi connectivity index (χ2n) is 7.93. The van der Waals surface area contributed by atoms with Crippen molar-refractivity contribution < 1.29 is 13.9 Å². The molecule has 0 bridgehead atoms. The topological polar surface area (TPSA) is 104 Å². The maximum Gasteiger partial charge on any atom is 0.255 e. The Morgan fingerprint density at radius 1 is 1.17 bits per heavy atom. The summed E-state index contributed by atoms with van der Waals surface area (Å²) in [5.41, 5.74) is 3.01. The Bertz CT molecular complexity index is 1500. The van der Waals surface area contributed by atoms with Crippen molar-refractivity contribution >= 4 is 39.9 Å². The number of rotatable bonds is 5. The van der Waals surface area contributed by atoms with Crippen LogP contribution in [0.2, 0.25) is 5.02 Å². The lowest BCUT2D eigenvalue weighted by Gasteiger charge is -2.27. The first kappa shape index (κ1) is 22.5. The smallest absolute Gasteiger partial charge is 0.255 e. The molecule has 35 heavy (non-hydrogen) atoms. The van der Waals surface area contributed by atoms with Gasteiger partial charge in [0.25, 0.3) is 5.91 Å². The molecular formula is C25H20ClFN6O2. The zero-order chi connectivity index (χ0) is 24.5. The molecule has 0 spiro atoms. The first-order valence-corrected chi connectivity index (χ1v) is 11.1. The van der Waals surface area contributed by atoms with Crippen molar-refractivity contribution in [2.45, 2.75) is 13.0 Å². The molecule has 0 saturated carbocycles. The number of amides is 1. The van der Waals surface area contributed by atoms with Gasteiger partial charge in [-0.3, -0.25) is 14.9 Å². The number of carbonyl (C=O) groups excluding carboxylic acids is 1. The van der Waals surface area contributed by atoms with Crippen LogP contribution in [0.1, 0.15) is 24.1 Å². The second kappa shape index (κ2) is 9.19. The lowest BCUT2D eigenvalue weighted by atomic mass is 9.94. The monoisotopic (exact) mass is 490 g/mol. The van der Waals surface area contributed by atoms with E-state index in [2.05, 4.69) is 25.8 Å². The first-order chi connectivity index (χ1) is 16.9. The molecule has 0 aliphatic carbocycles. The first-order valence-electron chi connectivity index (χ1n) is 10.7. The number of methoxy groups -OCH3 is 1. The highest BCUT2D eigenvalue weighted by Gasteiger charge is 2.30. The van der Waals surface area contributed by atoms with Gasteiger partial charge in [0.2, 0.25) is 5.88 Å². The summed E-state index contributed by atoms with van der Waals surface area (Å²) in [6.07, 6.45) is 3.18. The molecule has 5 rings (SSSR count). The van der Waals surface area contributed by atoms with E-state index < -0.39 is 17.8 Å². The van der Waals surface area contributed by atoms with Crippen LogP contribution < -0.4 is 15.4 Å². The lowest BCUT2D eigenvalue weighted by Crippen LogP contribution is -2.34. The number of ether oxygens (including phenoxy) is 1. The maximum absolute atomic E-state index is 14.7. The van der Waals surface area contributed by atoms with Gasteiger partial charge in [-0.1, -0.05) is 23.7 Å².